The largest absolute Gasteiger partial charge is 0.323 e. The molecule has 148 valence electrons. The van der Waals surface area contributed by atoms with Crippen molar-refractivity contribution in [3.05, 3.63) is 97.1 Å². The summed E-state index contributed by atoms with van der Waals surface area (Å²) >= 11 is 0. The maximum atomic E-state index is 12.4. The van der Waals surface area contributed by atoms with Gasteiger partial charge in [0.1, 0.15) is 0 Å². The summed E-state index contributed by atoms with van der Waals surface area (Å²) in [5, 5.41) is 13.0. The lowest BCUT2D eigenvalue weighted by Gasteiger charge is -2.13. The van der Waals surface area contributed by atoms with Gasteiger partial charge in [0.2, 0.25) is 0 Å². The highest BCUT2D eigenvalue weighted by Gasteiger charge is 2.10. The number of hydrogen-bond acceptors (Lipinski definition) is 2. The van der Waals surface area contributed by atoms with E-state index in [4.69, 9.17) is 0 Å². The van der Waals surface area contributed by atoms with Gasteiger partial charge in [-0.25, -0.2) is 9.59 Å². The Morgan fingerprint density at radius 3 is 1.23 bits per heavy atom. The van der Waals surface area contributed by atoms with Crippen molar-refractivity contribution < 1.29 is 9.59 Å². The molecule has 0 aliphatic heterocycles. The molecule has 0 atom stereocenters. The standard InChI is InChI=1S/C24H20N4O2/c29-23(25-17-9-3-1-4-10-17)27-21-15-7-14-20-19(21)13-8-16-22(20)28-24(30)26-18-11-5-2-6-12-18/h1-16H,(H2,25,27,29)(H2,26,28,30). The topological polar surface area (TPSA) is 82.3 Å². The summed E-state index contributed by atoms with van der Waals surface area (Å²) in [6, 6.07) is 28.9. The molecule has 0 unspecified atom stereocenters. The second-order valence-electron chi connectivity index (χ2n) is 6.60. The first kappa shape index (κ1) is 19.0. The first-order valence-electron chi connectivity index (χ1n) is 9.47. The molecule has 0 saturated heterocycles. The molecule has 0 radical (unpaired) electrons. The minimum absolute atomic E-state index is 0.339. The molecule has 30 heavy (non-hydrogen) atoms. The SMILES string of the molecule is O=C(Nc1ccccc1)Nc1cccc2c(NC(=O)Nc3ccccc3)cccc12. The lowest BCUT2D eigenvalue weighted by molar-refractivity contribution is 0.261. The molecule has 0 aliphatic rings. The van der Waals surface area contributed by atoms with Gasteiger partial charge in [-0.15, -0.1) is 0 Å². The van der Waals surface area contributed by atoms with E-state index in [-0.39, 0.29) is 12.1 Å². The molecule has 4 aromatic carbocycles. The van der Waals surface area contributed by atoms with Gasteiger partial charge in [0, 0.05) is 22.1 Å². The molecule has 6 nitrogen and oxygen atoms in total. The third kappa shape index (κ3) is 4.56. The van der Waals surface area contributed by atoms with Crippen molar-refractivity contribution in [2.24, 2.45) is 0 Å². The Kier molecular flexibility index (Phi) is 5.57. The van der Waals surface area contributed by atoms with Crippen LogP contribution in [0, 0.1) is 0 Å². The highest BCUT2D eigenvalue weighted by atomic mass is 16.2. The molecular formula is C24H20N4O2. The molecule has 0 heterocycles. The van der Waals surface area contributed by atoms with Gasteiger partial charge in [-0.05, 0) is 36.4 Å². The predicted octanol–water partition coefficient (Wildman–Crippen LogP) is 6.13. The van der Waals surface area contributed by atoms with Crippen molar-refractivity contribution in [2.75, 3.05) is 21.3 Å². The van der Waals surface area contributed by atoms with E-state index in [9.17, 15) is 9.59 Å². The predicted molar refractivity (Wildman–Crippen MR) is 122 cm³/mol. The average molecular weight is 396 g/mol. The van der Waals surface area contributed by atoms with E-state index in [2.05, 4.69) is 21.3 Å². The Morgan fingerprint density at radius 2 is 0.833 bits per heavy atom. The highest BCUT2D eigenvalue weighted by molar-refractivity contribution is 6.11. The second kappa shape index (κ2) is 8.79. The van der Waals surface area contributed by atoms with Gasteiger partial charge in [-0.2, -0.15) is 0 Å². The van der Waals surface area contributed by atoms with Crippen LogP contribution in [0.3, 0.4) is 0 Å². The molecule has 4 aromatic rings. The van der Waals surface area contributed by atoms with Crippen LogP contribution in [0.1, 0.15) is 0 Å². The smallest absolute Gasteiger partial charge is 0.308 e. The van der Waals surface area contributed by atoms with E-state index in [1.165, 1.54) is 0 Å². The molecule has 0 aromatic heterocycles. The molecule has 4 amide bonds. The lowest BCUT2D eigenvalue weighted by atomic mass is 10.1. The number of hydrogen-bond donors (Lipinski definition) is 4. The number of amides is 4. The number of carbonyl (C=O) groups excluding carboxylic acids is 2. The molecule has 4 N–H and O–H groups in total. The number of carbonyl (C=O) groups is 2. The third-order valence-corrected chi connectivity index (χ3v) is 4.48. The Balaban J connectivity index is 1.52. The molecular weight excluding hydrogens is 376 g/mol. The van der Waals surface area contributed by atoms with Gasteiger partial charge in [-0.1, -0.05) is 60.7 Å². The minimum Gasteiger partial charge on any atom is -0.308 e. The lowest BCUT2D eigenvalue weighted by Crippen LogP contribution is -2.20. The van der Waals surface area contributed by atoms with Crippen molar-refractivity contribution in [3.8, 4) is 0 Å². The van der Waals surface area contributed by atoms with E-state index < -0.39 is 0 Å². The van der Waals surface area contributed by atoms with Crippen molar-refractivity contribution in [1.29, 1.82) is 0 Å². The number of rotatable bonds is 4. The van der Waals surface area contributed by atoms with Crippen molar-refractivity contribution in [1.82, 2.24) is 0 Å². The van der Waals surface area contributed by atoms with Crippen LogP contribution in [0.25, 0.3) is 10.8 Å². The first-order valence-corrected chi connectivity index (χ1v) is 9.47. The van der Waals surface area contributed by atoms with Crippen molar-refractivity contribution >= 4 is 45.6 Å². The third-order valence-electron chi connectivity index (χ3n) is 4.48. The first-order chi connectivity index (χ1) is 14.7. The Labute approximate surface area is 173 Å². The molecule has 0 fully saturated rings. The molecule has 0 spiro atoms. The molecule has 6 heteroatoms. The Morgan fingerprint density at radius 1 is 0.433 bits per heavy atom. The van der Waals surface area contributed by atoms with Crippen molar-refractivity contribution in [3.63, 3.8) is 0 Å². The Hall–Kier alpha value is -4.32. The number of urea groups is 2. The van der Waals surface area contributed by atoms with E-state index in [0.29, 0.717) is 22.7 Å². The monoisotopic (exact) mass is 396 g/mol. The van der Waals surface area contributed by atoms with Gasteiger partial charge < -0.3 is 21.3 Å². The van der Waals surface area contributed by atoms with Crippen LogP contribution in [0.2, 0.25) is 0 Å². The zero-order chi connectivity index (χ0) is 20.8. The maximum absolute atomic E-state index is 12.4. The second-order valence-corrected chi connectivity index (χ2v) is 6.60. The summed E-state index contributed by atoms with van der Waals surface area (Å²) in [5.74, 6) is 0. The fraction of sp³-hybridized carbons (Fsp3) is 0. The van der Waals surface area contributed by atoms with Crippen LogP contribution in [-0.4, -0.2) is 12.1 Å². The van der Waals surface area contributed by atoms with Gasteiger partial charge in [0.05, 0.1) is 11.4 Å². The summed E-state index contributed by atoms with van der Waals surface area (Å²) < 4.78 is 0. The highest BCUT2D eigenvalue weighted by Crippen LogP contribution is 2.29. The van der Waals surface area contributed by atoms with Crippen LogP contribution in [0.5, 0.6) is 0 Å². The number of nitrogens with one attached hydrogen (secondary N) is 4. The van der Waals surface area contributed by atoms with Gasteiger partial charge in [0.15, 0.2) is 0 Å². The number of anilines is 4. The molecule has 0 aliphatic carbocycles. The van der Waals surface area contributed by atoms with Crippen molar-refractivity contribution in [2.45, 2.75) is 0 Å². The minimum atomic E-state index is -0.339. The Bertz CT molecular complexity index is 1080. The van der Waals surface area contributed by atoms with Crippen LogP contribution in [0.4, 0.5) is 32.3 Å². The maximum Gasteiger partial charge on any atom is 0.323 e. The number of para-hydroxylation sites is 2. The summed E-state index contributed by atoms with van der Waals surface area (Å²) in [5.41, 5.74) is 2.70. The van der Waals surface area contributed by atoms with Crippen LogP contribution in [-0.2, 0) is 0 Å². The summed E-state index contributed by atoms with van der Waals surface area (Å²) in [6.45, 7) is 0. The number of benzene rings is 4. The van der Waals surface area contributed by atoms with E-state index in [0.717, 1.165) is 10.8 Å². The quantitative estimate of drug-likeness (QED) is 0.335. The van der Waals surface area contributed by atoms with Crippen LogP contribution >= 0.6 is 0 Å². The fourth-order valence-electron chi connectivity index (χ4n) is 3.14. The van der Waals surface area contributed by atoms with Crippen LogP contribution < -0.4 is 21.3 Å². The van der Waals surface area contributed by atoms with E-state index in [1.54, 1.807) is 0 Å². The van der Waals surface area contributed by atoms with Gasteiger partial charge in [0.25, 0.3) is 0 Å². The summed E-state index contributed by atoms with van der Waals surface area (Å²) in [6.07, 6.45) is 0. The fourth-order valence-corrected chi connectivity index (χ4v) is 3.14. The summed E-state index contributed by atoms with van der Waals surface area (Å²) in [4.78, 5) is 24.8. The normalized spacial score (nSPS) is 10.3. The number of fused-ring (bicyclic) bond motifs is 1. The van der Waals surface area contributed by atoms with Crippen LogP contribution in [0.15, 0.2) is 97.1 Å². The summed E-state index contributed by atoms with van der Waals surface area (Å²) in [7, 11) is 0. The van der Waals surface area contributed by atoms with E-state index in [1.807, 2.05) is 97.1 Å². The molecule has 4 rings (SSSR count). The van der Waals surface area contributed by atoms with Gasteiger partial charge in [-0.3, -0.25) is 0 Å². The zero-order valence-electron chi connectivity index (χ0n) is 16.1. The van der Waals surface area contributed by atoms with Gasteiger partial charge >= 0.3 is 12.1 Å². The molecule has 0 bridgehead atoms. The zero-order valence-corrected chi connectivity index (χ0v) is 16.1. The average Bonchev–Trinajstić information content (AvgIpc) is 2.76. The van der Waals surface area contributed by atoms with E-state index >= 15 is 0 Å². The molecule has 0 saturated carbocycles.